The first kappa shape index (κ1) is 27.4. The lowest BCUT2D eigenvalue weighted by Gasteiger charge is -2.14. The fourth-order valence-electron chi connectivity index (χ4n) is 3.76. The molecule has 1 atom stereocenters. The van der Waals surface area contributed by atoms with Crippen molar-refractivity contribution in [3.05, 3.63) is 0 Å². The zero-order valence-electron chi connectivity index (χ0n) is 18.9. The lowest BCUT2D eigenvalue weighted by molar-refractivity contribution is -0.139. The minimum Gasteiger partial charge on any atom is -0.480 e. The molecule has 168 valence electrons. The first-order valence-corrected chi connectivity index (χ1v) is 12.4. The summed E-state index contributed by atoms with van der Waals surface area (Å²) in [7, 11) is 0. The highest BCUT2D eigenvalue weighted by Gasteiger charge is 2.15. The Balaban J connectivity index is 3.25. The van der Waals surface area contributed by atoms with E-state index in [1.54, 1.807) is 0 Å². The van der Waals surface area contributed by atoms with E-state index < -0.39 is 12.0 Å². The van der Waals surface area contributed by atoms with Gasteiger partial charge in [-0.25, -0.2) is 0 Å². The summed E-state index contributed by atoms with van der Waals surface area (Å²) in [5.41, 5.74) is 5.47. The SMILES string of the molecule is CCCCCCCCCCCCCCCCCCN[C@@H](CCCCN)C(=O)O. The van der Waals surface area contributed by atoms with Crippen LogP contribution in [-0.4, -0.2) is 30.2 Å². The van der Waals surface area contributed by atoms with Crippen molar-refractivity contribution in [1.29, 1.82) is 0 Å². The number of hydrogen-bond donors (Lipinski definition) is 3. The maximum atomic E-state index is 11.2. The van der Waals surface area contributed by atoms with E-state index in [2.05, 4.69) is 12.2 Å². The third-order valence-corrected chi connectivity index (χ3v) is 5.67. The number of carboxylic acids is 1. The Hall–Kier alpha value is -0.610. The molecule has 4 heteroatoms. The summed E-state index contributed by atoms with van der Waals surface area (Å²) in [5.74, 6) is -0.728. The van der Waals surface area contributed by atoms with Gasteiger partial charge in [-0.15, -0.1) is 0 Å². The highest BCUT2D eigenvalue weighted by Crippen LogP contribution is 2.13. The molecular formula is C24H50N2O2. The number of carbonyl (C=O) groups is 1. The monoisotopic (exact) mass is 398 g/mol. The van der Waals surface area contributed by atoms with Gasteiger partial charge in [-0.05, 0) is 32.4 Å². The smallest absolute Gasteiger partial charge is 0.320 e. The third kappa shape index (κ3) is 20.1. The normalized spacial score (nSPS) is 12.4. The van der Waals surface area contributed by atoms with Gasteiger partial charge in [0.25, 0.3) is 0 Å². The lowest BCUT2D eigenvalue weighted by atomic mass is 10.0. The highest BCUT2D eigenvalue weighted by atomic mass is 16.4. The Labute approximate surface area is 175 Å². The van der Waals surface area contributed by atoms with Crippen molar-refractivity contribution in [3.8, 4) is 0 Å². The maximum absolute atomic E-state index is 11.2. The van der Waals surface area contributed by atoms with Gasteiger partial charge in [0, 0.05) is 0 Å². The molecule has 0 aliphatic rings. The summed E-state index contributed by atoms with van der Waals surface area (Å²) >= 11 is 0. The van der Waals surface area contributed by atoms with E-state index in [-0.39, 0.29) is 0 Å². The third-order valence-electron chi connectivity index (χ3n) is 5.67. The zero-order chi connectivity index (χ0) is 20.7. The fraction of sp³-hybridized carbons (Fsp3) is 0.958. The molecule has 0 spiro atoms. The number of rotatable bonds is 23. The molecule has 0 unspecified atom stereocenters. The summed E-state index contributed by atoms with van der Waals surface area (Å²) < 4.78 is 0. The first-order valence-electron chi connectivity index (χ1n) is 12.4. The number of aliphatic carboxylic acids is 1. The predicted octanol–water partition coefficient (Wildman–Crippen LogP) is 6.42. The van der Waals surface area contributed by atoms with E-state index in [1.165, 1.54) is 96.3 Å². The molecule has 0 aliphatic carbocycles. The second kappa shape index (κ2) is 22.7. The minimum absolute atomic E-state index is 0.400. The molecule has 0 saturated carbocycles. The number of carboxylic acid groups (broad SMARTS) is 1. The topological polar surface area (TPSA) is 75.3 Å². The molecule has 0 bridgehead atoms. The van der Waals surface area contributed by atoms with E-state index in [4.69, 9.17) is 5.73 Å². The average Bonchev–Trinajstić information content (AvgIpc) is 2.68. The quantitative estimate of drug-likeness (QED) is 0.174. The van der Waals surface area contributed by atoms with Crippen molar-refractivity contribution in [3.63, 3.8) is 0 Å². The Bertz CT molecular complexity index is 324. The molecule has 0 fully saturated rings. The van der Waals surface area contributed by atoms with E-state index in [9.17, 15) is 9.90 Å². The molecule has 4 nitrogen and oxygen atoms in total. The van der Waals surface area contributed by atoms with E-state index in [1.807, 2.05) is 0 Å². The van der Waals surface area contributed by atoms with Gasteiger partial charge < -0.3 is 16.2 Å². The molecule has 0 aromatic heterocycles. The fourth-order valence-corrected chi connectivity index (χ4v) is 3.76. The molecule has 0 radical (unpaired) electrons. The van der Waals surface area contributed by atoms with Crippen LogP contribution in [0.3, 0.4) is 0 Å². The number of nitrogens with one attached hydrogen (secondary N) is 1. The summed E-state index contributed by atoms with van der Waals surface area (Å²) in [6.45, 7) is 3.74. The lowest BCUT2D eigenvalue weighted by Crippen LogP contribution is -2.37. The highest BCUT2D eigenvalue weighted by molar-refractivity contribution is 5.73. The van der Waals surface area contributed by atoms with Crippen molar-refractivity contribution < 1.29 is 9.90 Å². The van der Waals surface area contributed by atoms with Gasteiger partial charge in [-0.1, -0.05) is 110 Å². The average molecular weight is 399 g/mol. The van der Waals surface area contributed by atoms with Crippen molar-refractivity contribution >= 4 is 5.97 Å². The van der Waals surface area contributed by atoms with Gasteiger partial charge in [0.2, 0.25) is 0 Å². The number of hydrogen-bond acceptors (Lipinski definition) is 3. The number of nitrogens with two attached hydrogens (primary N) is 1. The van der Waals surface area contributed by atoms with Gasteiger partial charge in [-0.3, -0.25) is 4.79 Å². The second-order valence-corrected chi connectivity index (χ2v) is 8.43. The van der Waals surface area contributed by atoms with Crippen molar-refractivity contribution in [2.24, 2.45) is 5.73 Å². The van der Waals surface area contributed by atoms with Gasteiger partial charge >= 0.3 is 5.97 Å². The van der Waals surface area contributed by atoms with Crippen molar-refractivity contribution in [2.75, 3.05) is 13.1 Å². The molecule has 0 aromatic carbocycles. The molecule has 0 rings (SSSR count). The van der Waals surface area contributed by atoms with Gasteiger partial charge in [0.05, 0.1) is 0 Å². The Morgan fingerprint density at radius 1 is 0.714 bits per heavy atom. The standard InChI is InChI=1S/C24H50N2O2/c1-2-3-4-5-6-7-8-9-10-11-12-13-14-15-16-19-22-26-23(24(27)28)20-17-18-21-25/h23,26H,2-22,25H2,1H3,(H,27,28)/t23-/m0/s1. The summed E-state index contributed by atoms with van der Waals surface area (Å²) in [4.78, 5) is 11.2. The Kier molecular flexibility index (Phi) is 22.2. The minimum atomic E-state index is -0.728. The molecule has 0 saturated heterocycles. The van der Waals surface area contributed by atoms with Crippen molar-refractivity contribution in [2.45, 2.75) is 135 Å². The molecule has 0 aromatic rings. The van der Waals surface area contributed by atoms with Crippen LogP contribution >= 0.6 is 0 Å². The summed E-state index contributed by atoms with van der Waals surface area (Å²) in [6.07, 6.45) is 24.3. The number of unbranched alkanes of at least 4 members (excludes halogenated alkanes) is 16. The van der Waals surface area contributed by atoms with Crippen LogP contribution in [0.4, 0.5) is 0 Å². The van der Waals surface area contributed by atoms with Crippen LogP contribution in [0.25, 0.3) is 0 Å². The van der Waals surface area contributed by atoms with Gasteiger partial charge in [0.15, 0.2) is 0 Å². The van der Waals surface area contributed by atoms with Crippen LogP contribution < -0.4 is 11.1 Å². The molecule has 4 N–H and O–H groups in total. The summed E-state index contributed by atoms with van der Waals surface area (Å²) in [5, 5.41) is 12.4. The maximum Gasteiger partial charge on any atom is 0.320 e. The van der Waals surface area contributed by atoms with Crippen LogP contribution in [0.2, 0.25) is 0 Å². The first-order chi connectivity index (χ1) is 13.7. The van der Waals surface area contributed by atoms with Crippen LogP contribution in [0.15, 0.2) is 0 Å². The largest absolute Gasteiger partial charge is 0.480 e. The molecule has 0 heterocycles. The van der Waals surface area contributed by atoms with Gasteiger partial charge in [0.1, 0.15) is 6.04 Å². The van der Waals surface area contributed by atoms with Gasteiger partial charge in [-0.2, -0.15) is 0 Å². The molecule has 0 amide bonds. The van der Waals surface area contributed by atoms with Crippen LogP contribution in [0, 0.1) is 0 Å². The zero-order valence-corrected chi connectivity index (χ0v) is 18.9. The van der Waals surface area contributed by atoms with Crippen LogP contribution in [0.5, 0.6) is 0 Å². The van der Waals surface area contributed by atoms with E-state index in [0.29, 0.717) is 13.0 Å². The van der Waals surface area contributed by atoms with Crippen molar-refractivity contribution in [1.82, 2.24) is 5.32 Å². The molecule has 0 aliphatic heterocycles. The Morgan fingerprint density at radius 3 is 1.54 bits per heavy atom. The van der Waals surface area contributed by atoms with Crippen LogP contribution in [0.1, 0.15) is 129 Å². The van der Waals surface area contributed by atoms with Crippen LogP contribution in [-0.2, 0) is 4.79 Å². The van der Waals surface area contributed by atoms with E-state index in [0.717, 1.165) is 25.8 Å². The van der Waals surface area contributed by atoms with E-state index >= 15 is 0 Å². The molecular weight excluding hydrogens is 348 g/mol. The second-order valence-electron chi connectivity index (χ2n) is 8.43. The molecule has 28 heavy (non-hydrogen) atoms. The summed E-state index contributed by atoms with van der Waals surface area (Å²) in [6, 6.07) is -0.400. The Morgan fingerprint density at radius 2 is 1.14 bits per heavy atom. The predicted molar refractivity (Wildman–Crippen MR) is 122 cm³/mol.